The Hall–Kier alpha value is -2.31. The molecule has 0 spiro atoms. The molecule has 102 valence electrons. The number of azo groups is 1. The Morgan fingerprint density at radius 3 is 2.58 bits per heavy atom. The Morgan fingerprint density at radius 2 is 2.00 bits per heavy atom. The van der Waals surface area contributed by atoms with Crippen LogP contribution in [0.15, 0.2) is 33.5 Å². The Morgan fingerprint density at radius 1 is 1.21 bits per heavy atom. The van der Waals surface area contributed by atoms with Gasteiger partial charge in [-0.05, 0) is 12.1 Å². The van der Waals surface area contributed by atoms with Crippen LogP contribution in [-0.4, -0.2) is 50.9 Å². The van der Waals surface area contributed by atoms with E-state index < -0.39 is 0 Å². The predicted octanol–water partition coefficient (Wildman–Crippen LogP) is 1.89. The maximum atomic E-state index is 5.26. The van der Waals surface area contributed by atoms with Gasteiger partial charge >= 0.3 is 0 Å². The average Bonchev–Trinajstić information content (AvgIpc) is 2.75. The summed E-state index contributed by atoms with van der Waals surface area (Å²) in [5.74, 6) is 1.33. The fourth-order valence-electron chi connectivity index (χ4n) is 1.68. The van der Waals surface area contributed by atoms with E-state index in [0.717, 1.165) is 0 Å². The van der Waals surface area contributed by atoms with Crippen LogP contribution in [0.25, 0.3) is 0 Å². The maximum Gasteiger partial charge on any atom is 0.233 e. The molecular formula is C12H17N5O2. The van der Waals surface area contributed by atoms with Crippen LogP contribution in [0.5, 0.6) is 11.5 Å². The highest BCUT2D eigenvalue weighted by Crippen LogP contribution is 2.32. The topological polar surface area (TPSA) is 62.0 Å². The van der Waals surface area contributed by atoms with Crippen molar-refractivity contribution in [1.29, 1.82) is 0 Å². The molecular weight excluding hydrogens is 246 g/mol. The van der Waals surface area contributed by atoms with Crippen LogP contribution in [-0.2, 0) is 0 Å². The Bertz CT molecular complexity index is 491. The van der Waals surface area contributed by atoms with Crippen molar-refractivity contribution in [3.05, 3.63) is 18.2 Å². The summed E-state index contributed by atoms with van der Waals surface area (Å²) in [4.78, 5) is 1.86. The predicted molar refractivity (Wildman–Crippen MR) is 71.9 cm³/mol. The number of hydrogen-bond donors (Lipinski definition) is 0. The number of nitrogens with zero attached hydrogens (tertiary/aromatic N) is 5. The first-order valence-corrected chi connectivity index (χ1v) is 5.77. The standard InChI is InChI=1S/C12H17N5O2/c1-16-8-13-17(2)12(16)15-14-10-6-5-9(18-3)7-11(10)19-4/h5-8,12H,1-4H3. The summed E-state index contributed by atoms with van der Waals surface area (Å²) in [6.07, 6.45) is 1.47. The van der Waals surface area contributed by atoms with Gasteiger partial charge < -0.3 is 14.4 Å². The molecule has 0 bridgehead atoms. The van der Waals surface area contributed by atoms with Crippen LogP contribution in [0.2, 0.25) is 0 Å². The molecule has 2 rings (SSSR count). The van der Waals surface area contributed by atoms with Gasteiger partial charge in [-0.15, -0.1) is 10.2 Å². The number of rotatable bonds is 4. The van der Waals surface area contributed by atoms with Crippen molar-refractivity contribution in [2.45, 2.75) is 6.29 Å². The van der Waals surface area contributed by atoms with Crippen molar-refractivity contribution >= 4 is 12.0 Å². The lowest BCUT2D eigenvalue weighted by molar-refractivity contribution is 0.182. The summed E-state index contributed by atoms with van der Waals surface area (Å²) in [5.41, 5.74) is 0.650. The van der Waals surface area contributed by atoms with Crippen LogP contribution in [0.4, 0.5) is 5.69 Å². The molecule has 0 fully saturated rings. The molecule has 0 N–H and O–H groups in total. The van der Waals surface area contributed by atoms with E-state index in [1.165, 1.54) is 0 Å². The van der Waals surface area contributed by atoms with Crippen LogP contribution >= 0.6 is 0 Å². The zero-order valence-corrected chi connectivity index (χ0v) is 11.4. The highest BCUT2D eigenvalue weighted by molar-refractivity contribution is 5.56. The molecule has 1 aliphatic rings. The second kappa shape index (κ2) is 5.55. The van der Waals surface area contributed by atoms with Gasteiger partial charge in [-0.3, -0.25) is 5.01 Å². The third kappa shape index (κ3) is 2.75. The largest absolute Gasteiger partial charge is 0.497 e. The maximum absolute atomic E-state index is 5.26. The molecule has 0 amide bonds. The molecule has 0 aromatic heterocycles. The second-order valence-electron chi connectivity index (χ2n) is 4.07. The molecule has 1 aromatic carbocycles. The third-order valence-electron chi connectivity index (χ3n) is 2.77. The van der Waals surface area contributed by atoms with Gasteiger partial charge in [0.05, 0.1) is 14.2 Å². The van der Waals surface area contributed by atoms with E-state index in [1.807, 2.05) is 25.1 Å². The first-order chi connectivity index (χ1) is 9.15. The molecule has 1 atom stereocenters. The molecule has 1 aliphatic heterocycles. The van der Waals surface area contributed by atoms with E-state index in [0.29, 0.717) is 17.2 Å². The Labute approximate surface area is 112 Å². The Balaban J connectivity index is 2.19. The summed E-state index contributed by atoms with van der Waals surface area (Å²) in [6.45, 7) is 0. The summed E-state index contributed by atoms with van der Waals surface area (Å²) < 4.78 is 10.4. The van der Waals surface area contributed by atoms with Gasteiger partial charge in [0.15, 0.2) is 0 Å². The van der Waals surface area contributed by atoms with Crippen molar-refractivity contribution in [2.75, 3.05) is 28.3 Å². The molecule has 1 heterocycles. The van der Waals surface area contributed by atoms with Crippen molar-refractivity contribution in [3.63, 3.8) is 0 Å². The average molecular weight is 263 g/mol. The zero-order chi connectivity index (χ0) is 13.8. The van der Waals surface area contributed by atoms with E-state index in [1.54, 1.807) is 37.7 Å². The normalized spacial score (nSPS) is 18.4. The lowest BCUT2D eigenvalue weighted by Gasteiger charge is -2.19. The summed E-state index contributed by atoms with van der Waals surface area (Å²) in [7, 11) is 6.93. The highest BCUT2D eigenvalue weighted by atomic mass is 16.5. The minimum Gasteiger partial charge on any atom is -0.497 e. The molecule has 0 saturated carbocycles. The SMILES string of the molecule is COc1ccc(N=NC2N(C)C=NN2C)c(OC)c1. The Kier molecular flexibility index (Phi) is 3.84. The van der Waals surface area contributed by atoms with Gasteiger partial charge in [0.25, 0.3) is 0 Å². The van der Waals surface area contributed by atoms with E-state index >= 15 is 0 Å². The minimum atomic E-state index is -0.230. The number of benzene rings is 1. The monoisotopic (exact) mass is 263 g/mol. The van der Waals surface area contributed by atoms with Crippen LogP contribution < -0.4 is 9.47 Å². The smallest absolute Gasteiger partial charge is 0.233 e. The van der Waals surface area contributed by atoms with Gasteiger partial charge in [0.2, 0.25) is 6.29 Å². The number of ether oxygens (including phenoxy) is 2. The van der Waals surface area contributed by atoms with Crippen molar-refractivity contribution in [3.8, 4) is 11.5 Å². The first kappa shape index (κ1) is 13.1. The molecule has 1 unspecified atom stereocenters. The number of hydrazone groups is 1. The van der Waals surface area contributed by atoms with Crippen molar-refractivity contribution in [1.82, 2.24) is 9.91 Å². The molecule has 7 heteroatoms. The van der Waals surface area contributed by atoms with E-state index in [2.05, 4.69) is 15.3 Å². The van der Waals surface area contributed by atoms with Gasteiger partial charge in [-0.2, -0.15) is 5.10 Å². The second-order valence-corrected chi connectivity index (χ2v) is 4.07. The molecule has 1 aromatic rings. The van der Waals surface area contributed by atoms with Gasteiger partial charge in [-0.1, -0.05) is 0 Å². The molecule has 7 nitrogen and oxygen atoms in total. The van der Waals surface area contributed by atoms with Crippen LogP contribution in [0.3, 0.4) is 0 Å². The zero-order valence-electron chi connectivity index (χ0n) is 11.4. The van der Waals surface area contributed by atoms with E-state index in [9.17, 15) is 0 Å². The fourth-order valence-corrected chi connectivity index (χ4v) is 1.68. The van der Waals surface area contributed by atoms with Gasteiger partial charge in [0, 0.05) is 20.2 Å². The summed E-state index contributed by atoms with van der Waals surface area (Å²) in [5, 5.41) is 14.3. The molecule has 19 heavy (non-hydrogen) atoms. The number of methoxy groups -OCH3 is 2. The van der Waals surface area contributed by atoms with Gasteiger partial charge in [-0.25, -0.2) is 0 Å². The fraction of sp³-hybridized carbons (Fsp3) is 0.417. The van der Waals surface area contributed by atoms with Crippen molar-refractivity contribution < 1.29 is 9.47 Å². The molecule has 0 radical (unpaired) electrons. The minimum absolute atomic E-state index is 0.230. The lowest BCUT2D eigenvalue weighted by atomic mass is 10.3. The summed E-state index contributed by atoms with van der Waals surface area (Å²) >= 11 is 0. The lowest BCUT2D eigenvalue weighted by Crippen LogP contribution is -2.32. The summed E-state index contributed by atoms with van der Waals surface area (Å²) in [6, 6.07) is 5.39. The third-order valence-corrected chi connectivity index (χ3v) is 2.77. The quantitative estimate of drug-likeness (QED) is 0.778. The van der Waals surface area contributed by atoms with E-state index in [4.69, 9.17) is 9.47 Å². The first-order valence-electron chi connectivity index (χ1n) is 5.77. The van der Waals surface area contributed by atoms with Crippen molar-refractivity contribution in [2.24, 2.45) is 15.3 Å². The van der Waals surface area contributed by atoms with Crippen LogP contribution in [0.1, 0.15) is 0 Å². The van der Waals surface area contributed by atoms with Crippen LogP contribution in [0, 0.1) is 0 Å². The highest BCUT2D eigenvalue weighted by Gasteiger charge is 2.21. The van der Waals surface area contributed by atoms with Gasteiger partial charge in [0.1, 0.15) is 23.5 Å². The molecule has 0 aliphatic carbocycles. The molecule has 0 saturated heterocycles. The van der Waals surface area contributed by atoms with E-state index in [-0.39, 0.29) is 6.29 Å². The number of hydrogen-bond acceptors (Lipinski definition) is 7.